The average Bonchev–Trinajstić information content (AvgIpc) is 1.64. The fraction of sp³-hybridized carbons (Fsp3) is 0. The molecule has 2 N–H and O–H groups in total. The molecule has 0 atom stereocenters. The number of hydrogen-bond donors (Lipinski definition) is 1. The number of rotatable bonds is 0. The van der Waals surface area contributed by atoms with Crippen LogP contribution < -0.4 is 35.3 Å². The van der Waals surface area contributed by atoms with Gasteiger partial charge in [-0.1, -0.05) is 5.03 Å². The number of aromatic nitrogens is 2. The predicted octanol–water partition coefficient (Wildman–Crippen LogP) is -3.03. The third-order valence-electron chi connectivity index (χ3n) is 0.649. The van der Waals surface area contributed by atoms with Crippen molar-refractivity contribution < 1.29 is 29.6 Å². The maximum atomic E-state index is 5.17. The Kier molecular flexibility index (Phi) is 4.05. The Morgan fingerprint density at radius 3 is 2.56 bits per heavy atom. The molecule has 0 saturated carbocycles. The Hall–Kier alpha value is 0.1000. The van der Waals surface area contributed by atoms with E-state index in [9.17, 15) is 0 Å². The Balaban J connectivity index is 0.000000640. The van der Waals surface area contributed by atoms with Gasteiger partial charge in [-0.2, -0.15) is 0 Å². The predicted molar refractivity (Wildman–Crippen MR) is 32.1 cm³/mol. The second-order valence-corrected chi connectivity index (χ2v) is 1.67. The summed E-state index contributed by atoms with van der Waals surface area (Å²) in [7, 11) is 0. The molecule has 0 radical (unpaired) electrons. The Bertz CT molecular complexity index is 176. The van der Waals surface area contributed by atoms with Crippen LogP contribution in [0, 0.1) is 0 Å². The van der Waals surface area contributed by atoms with Crippen LogP contribution in [-0.2, 0) is 12.6 Å². The SMILES string of the molecule is Nc1nccc([S-])n1.[Na+]. The summed E-state index contributed by atoms with van der Waals surface area (Å²) in [5, 5.41) is 0.484. The van der Waals surface area contributed by atoms with Gasteiger partial charge in [0, 0.05) is 6.20 Å². The topological polar surface area (TPSA) is 51.8 Å². The molecule has 0 saturated heterocycles. The van der Waals surface area contributed by atoms with Gasteiger partial charge in [-0.15, -0.1) is 0 Å². The zero-order valence-electron chi connectivity index (χ0n) is 5.03. The van der Waals surface area contributed by atoms with Crippen LogP contribution in [-0.4, -0.2) is 9.97 Å². The summed E-state index contributed by atoms with van der Waals surface area (Å²) in [5.74, 6) is 0.234. The maximum Gasteiger partial charge on any atom is 1.00 e. The molecule has 1 aromatic rings. The van der Waals surface area contributed by atoms with Gasteiger partial charge < -0.3 is 18.4 Å². The molecule has 3 nitrogen and oxygen atoms in total. The summed E-state index contributed by atoms with van der Waals surface area (Å²) in [4.78, 5) is 7.30. The molecule has 0 aliphatic rings. The van der Waals surface area contributed by atoms with Crippen molar-refractivity contribution in [3.63, 3.8) is 0 Å². The molecule has 1 heterocycles. The van der Waals surface area contributed by atoms with Crippen molar-refractivity contribution in [1.82, 2.24) is 9.97 Å². The van der Waals surface area contributed by atoms with E-state index in [2.05, 4.69) is 22.6 Å². The summed E-state index contributed by atoms with van der Waals surface area (Å²) in [6.45, 7) is 0. The van der Waals surface area contributed by atoms with E-state index >= 15 is 0 Å². The smallest absolute Gasteiger partial charge is 0.760 e. The minimum atomic E-state index is 0. The third kappa shape index (κ3) is 2.95. The van der Waals surface area contributed by atoms with E-state index in [1.54, 1.807) is 6.07 Å². The molecular formula is C4H4N3NaS. The van der Waals surface area contributed by atoms with Crippen molar-refractivity contribution in [3.05, 3.63) is 12.3 Å². The van der Waals surface area contributed by atoms with Crippen molar-refractivity contribution in [3.8, 4) is 0 Å². The molecular weight excluding hydrogens is 145 g/mol. The van der Waals surface area contributed by atoms with Crippen molar-refractivity contribution >= 4 is 18.6 Å². The van der Waals surface area contributed by atoms with Gasteiger partial charge in [-0.05, 0) is 6.07 Å². The second kappa shape index (κ2) is 4.00. The molecule has 1 rings (SSSR count). The molecule has 42 valence electrons. The van der Waals surface area contributed by atoms with Crippen molar-refractivity contribution in [2.75, 3.05) is 5.73 Å². The molecule has 1 aromatic heterocycles. The van der Waals surface area contributed by atoms with Gasteiger partial charge in [0.1, 0.15) is 0 Å². The molecule has 0 aliphatic heterocycles. The van der Waals surface area contributed by atoms with Gasteiger partial charge >= 0.3 is 29.6 Å². The van der Waals surface area contributed by atoms with Crippen LogP contribution in [0.5, 0.6) is 0 Å². The molecule has 0 fully saturated rings. The molecule has 9 heavy (non-hydrogen) atoms. The van der Waals surface area contributed by atoms with Crippen molar-refractivity contribution in [1.29, 1.82) is 0 Å². The number of hydrogen-bond acceptors (Lipinski definition) is 4. The largest absolute Gasteiger partial charge is 1.00 e. The Morgan fingerprint density at radius 2 is 2.22 bits per heavy atom. The summed E-state index contributed by atoms with van der Waals surface area (Å²) in [6, 6.07) is 1.62. The first-order chi connectivity index (χ1) is 3.79. The van der Waals surface area contributed by atoms with Gasteiger partial charge in [0.2, 0.25) is 5.95 Å². The van der Waals surface area contributed by atoms with E-state index in [4.69, 9.17) is 5.73 Å². The van der Waals surface area contributed by atoms with Crippen LogP contribution in [0.2, 0.25) is 0 Å². The zero-order chi connectivity index (χ0) is 5.98. The monoisotopic (exact) mass is 149 g/mol. The Morgan fingerprint density at radius 1 is 1.56 bits per heavy atom. The molecule has 0 spiro atoms. The summed E-state index contributed by atoms with van der Waals surface area (Å²) in [6.07, 6.45) is 1.53. The third-order valence-corrected chi connectivity index (χ3v) is 0.876. The van der Waals surface area contributed by atoms with Crippen LogP contribution >= 0.6 is 0 Å². The fourth-order valence-corrected chi connectivity index (χ4v) is 0.511. The molecule has 0 aliphatic carbocycles. The Labute approximate surface area is 80.8 Å². The van der Waals surface area contributed by atoms with Crippen LogP contribution in [0.3, 0.4) is 0 Å². The first kappa shape index (κ1) is 9.10. The maximum absolute atomic E-state index is 5.17. The normalized spacial score (nSPS) is 8.00. The number of nitrogens with two attached hydrogens (primary N) is 1. The average molecular weight is 149 g/mol. The van der Waals surface area contributed by atoms with Crippen molar-refractivity contribution in [2.45, 2.75) is 5.03 Å². The number of anilines is 1. The van der Waals surface area contributed by atoms with E-state index in [1.807, 2.05) is 0 Å². The van der Waals surface area contributed by atoms with Crippen molar-refractivity contribution in [2.24, 2.45) is 0 Å². The van der Waals surface area contributed by atoms with Gasteiger partial charge in [0.15, 0.2) is 0 Å². The van der Waals surface area contributed by atoms with E-state index in [-0.39, 0.29) is 35.5 Å². The number of nitrogens with zero attached hydrogens (tertiary/aromatic N) is 2. The van der Waals surface area contributed by atoms with E-state index in [0.29, 0.717) is 5.03 Å². The standard InChI is InChI=1S/C4H5N3S.Na/c5-4-6-2-1-3(8)7-4;/h1-2H,(H3,5,6,7,8);/q;+1/p-1. The summed E-state index contributed by atoms with van der Waals surface area (Å²) < 4.78 is 0. The van der Waals surface area contributed by atoms with Gasteiger partial charge in [0.05, 0.1) is 0 Å². The molecule has 5 heteroatoms. The molecule has 0 unspecified atom stereocenters. The van der Waals surface area contributed by atoms with Crippen LogP contribution in [0.1, 0.15) is 0 Å². The molecule has 0 amide bonds. The second-order valence-electron chi connectivity index (χ2n) is 1.25. The fourth-order valence-electron chi connectivity index (χ4n) is 0.356. The minimum Gasteiger partial charge on any atom is -0.760 e. The number of nitrogen functional groups attached to an aromatic ring is 1. The first-order valence-corrected chi connectivity index (χ1v) is 2.45. The first-order valence-electron chi connectivity index (χ1n) is 2.04. The van der Waals surface area contributed by atoms with E-state index < -0.39 is 0 Å². The van der Waals surface area contributed by atoms with Gasteiger partial charge in [-0.25, -0.2) is 9.97 Å². The molecule has 0 aromatic carbocycles. The van der Waals surface area contributed by atoms with Gasteiger partial charge in [-0.3, -0.25) is 0 Å². The summed E-state index contributed by atoms with van der Waals surface area (Å²) >= 11 is 4.67. The van der Waals surface area contributed by atoms with Gasteiger partial charge in [0.25, 0.3) is 0 Å². The minimum absolute atomic E-state index is 0. The van der Waals surface area contributed by atoms with E-state index in [0.717, 1.165) is 0 Å². The summed E-state index contributed by atoms with van der Waals surface area (Å²) in [5.41, 5.74) is 5.17. The zero-order valence-corrected chi connectivity index (χ0v) is 7.85. The van der Waals surface area contributed by atoms with E-state index in [1.165, 1.54) is 6.20 Å². The molecule has 0 bridgehead atoms. The quantitative estimate of drug-likeness (QED) is 0.242. The van der Waals surface area contributed by atoms with Crippen LogP contribution in [0.25, 0.3) is 0 Å². The van der Waals surface area contributed by atoms with Crippen LogP contribution in [0.4, 0.5) is 5.95 Å². The van der Waals surface area contributed by atoms with Crippen LogP contribution in [0.15, 0.2) is 17.3 Å².